The highest BCUT2D eigenvalue weighted by atomic mass is 35.5. The number of nitrogen functional groups attached to an aromatic ring is 1. The molecule has 2 rings (SSSR count). The lowest BCUT2D eigenvalue weighted by molar-refractivity contribution is 0.425. The lowest BCUT2D eigenvalue weighted by Crippen LogP contribution is -2.21. The van der Waals surface area contributed by atoms with Crippen molar-refractivity contribution in [3.8, 4) is 0 Å². The van der Waals surface area contributed by atoms with Gasteiger partial charge in [-0.25, -0.2) is 4.98 Å². The van der Waals surface area contributed by atoms with E-state index in [1.54, 1.807) is 12.3 Å². The van der Waals surface area contributed by atoms with Crippen molar-refractivity contribution >= 4 is 33.9 Å². The average Bonchev–Trinajstić information content (AvgIpc) is 2.29. The molecule has 1 aromatic heterocycles. The minimum Gasteiger partial charge on any atom is -0.398 e. The van der Waals surface area contributed by atoms with Crippen LogP contribution in [0.15, 0.2) is 24.4 Å². The van der Waals surface area contributed by atoms with E-state index in [2.05, 4.69) is 15.2 Å². The third-order valence-electron chi connectivity index (χ3n) is 2.73. The number of likely N-dealkylation sites (N-methyl/N-ethyl adjacent to an activating group) is 1. The number of anilines is 2. The van der Waals surface area contributed by atoms with Crippen molar-refractivity contribution in [3.63, 3.8) is 0 Å². The minimum atomic E-state index is 0.628. The first kappa shape index (κ1) is 12.9. The summed E-state index contributed by atoms with van der Waals surface area (Å²) in [5.74, 6) is 0.823. The molecule has 2 aromatic rings. The number of nitrogens with one attached hydrogen (secondary N) is 1. The topological polar surface area (TPSA) is 54.2 Å². The number of nitrogens with two attached hydrogens (primary N) is 1. The quantitative estimate of drug-likeness (QED) is 0.833. The number of aromatic nitrogens is 1. The van der Waals surface area contributed by atoms with E-state index in [1.165, 1.54) is 0 Å². The Kier molecular flexibility index (Phi) is 3.89. The van der Waals surface area contributed by atoms with Crippen LogP contribution in [-0.2, 0) is 0 Å². The summed E-state index contributed by atoms with van der Waals surface area (Å²) in [6.45, 7) is 1.76. The molecule has 0 saturated carbocycles. The first-order chi connectivity index (χ1) is 8.58. The standard InChI is InChI=1S/C13H17ClN4/c1-18(2)6-5-17-13-11-7-9(14)8-12(15)10(11)3-4-16-13/h3-4,7-8H,5-6,15H2,1-2H3,(H,16,17). The van der Waals surface area contributed by atoms with E-state index in [9.17, 15) is 0 Å². The summed E-state index contributed by atoms with van der Waals surface area (Å²) in [5.41, 5.74) is 6.63. The SMILES string of the molecule is CN(C)CCNc1nccc2c(N)cc(Cl)cc12. The molecule has 5 heteroatoms. The fourth-order valence-electron chi connectivity index (χ4n) is 1.82. The van der Waals surface area contributed by atoms with Crippen LogP contribution in [-0.4, -0.2) is 37.1 Å². The van der Waals surface area contributed by atoms with Gasteiger partial charge in [-0.2, -0.15) is 0 Å². The molecule has 4 nitrogen and oxygen atoms in total. The molecular formula is C13H17ClN4. The minimum absolute atomic E-state index is 0.628. The molecule has 0 aliphatic heterocycles. The molecule has 0 spiro atoms. The van der Waals surface area contributed by atoms with Crippen molar-refractivity contribution in [2.45, 2.75) is 0 Å². The van der Waals surface area contributed by atoms with Crippen molar-refractivity contribution in [1.82, 2.24) is 9.88 Å². The molecule has 18 heavy (non-hydrogen) atoms. The van der Waals surface area contributed by atoms with E-state index in [0.29, 0.717) is 10.7 Å². The zero-order valence-corrected chi connectivity index (χ0v) is 11.3. The third kappa shape index (κ3) is 2.83. The van der Waals surface area contributed by atoms with Crippen LogP contribution < -0.4 is 11.1 Å². The van der Waals surface area contributed by atoms with Gasteiger partial charge in [0.2, 0.25) is 0 Å². The lowest BCUT2D eigenvalue weighted by Gasteiger charge is -2.13. The highest BCUT2D eigenvalue weighted by molar-refractivity contribution is 6.32. The Labute approximate surface area is 112 Å². The summed E-state index contributed by atoms with van der Waals surface area (Å²) in [5, 5.41) is 5.87. The molecule has 0 amide bonds. The molecule has 0 saturated heterocycles. The van der Waals surface area contributed by atoms with Gasteiger partial charge in [0, 0.05) is 40.8 Å². The van der Waals surface area contributed by atoms with Crippen LogP contribution in [0.2, 0.25) is 5.02 Å². The molecule has 1 heterocycles. The Morgan fingerprint density at radius 2 is 2.11 bits per heavy atom. The van der Waals surface area contributed by atoms with Crippen LogP contribution in [0.5, 0.6) is 0 Å². The van der Waals surface area contributed by atoms with E-state index < -0.39 is 0 Å². The number of hydrogen-bond donors (Lipinski definition) is 2. The van der Waals surface area contributed by atoms with Gasteiger partial charge in [-0.05, 0) is 32.3 Å². The summed E-state index contributed by atoms with van der Waals surface area (Å²) < 4.78 is 0. The molecule has 0 unspecified atom stereocenters. The van der Waals surface area contributed by atoms with E-state index in [1.807, 2.05) is 26.2 Å². The molecule has 0 atom stereocenters. The van der Waals surface area contributed by atoms with Crippen LogP contribution in [0.1, 0.15) is 0 Å². The first-order valence-electron chi connectivity index (χ1n) is 5.80. The molecule has 0 radical (unpaired) electrons. The van der Waals surface area contributed by atoms with Gasteiger partial charge < -0.3 is 16.0 Å². The zero-order valence-electron chi connectivity index (χ0n) is 10.6. The second-order valence-corrected chi connectivity index (χ2v) is 4.92. The Bertz CT molecular complexity index is 554. The number of benzene rings is 1. The molecule has 1 aromatic carbocycles. The number of rotatable bonds is 4. The van der Waals surface area contributed by atoms with Gasteiger partial charge in [0.05, 0.1) is 0 Å². The number of pyridine rings is 1. The molecule has 96 valence electrons. The largest absolute Gasteiger partial charge is 0.398 e. The number of hydrogen-bond acceptors (Lipinski definition) is 4. The van der Waals surface area contributed by atoms with Gasteiger partial charge in [-0.1, -0.05) is 11.6 Å². The van der Waals surface area contributed by atoms with Gasteiger partial charge in [0.25, 0.3) is 0 Å². The van der Waals surface area contributed by atoms with E-state index in [4.69, 9.17) is 17.3 Å². The predicted octanol–water partition coefficient (Wildman–Crippen LogP) is 2.44. The van der Waals surface area contributed by atoms with Crippen LogP contribution in [0.25, 0.3) is 10.8 Å². The second kappa shape index (κ2) is 5.42. The van der Waals surface area contributed by atoms with Gasteiger partial charge in [-0.15, -0.1) is 0 Å². The molecule has 0 bridgehead atoms. The molecule has 0 fully saturated rings. The lowest BCUT2D eigenvalue weighted by atomic mass is 10.1. The Morgan fingerprint density at radius 1 is 1.33 bits per heavy atom. The highest BCUT2D eigenvalue weighted by Crippen LogP contribution is 2.29. The number of halogens is 1. The van der Waals surface area contributed by atoms with E-state index >= 15 is 0 Å². The summed E-state index contributed by atoms with van der Waals surface area (Å²) in [6, 6.07) is 5.55. The molecular weight excluding hydrogens is 248 g/mol. The Hall–Kier alpha value is -1.52. The van der Waals surface area contributed by atoms with Crippen molar-refractivity contribution in [2.24, 2.45) is 0 Å². The van der Waals surface area contributed by atoms with Crippen LogP contribution in [0.3, 0.4) is 0 Å². The number of nitrogens with zero attached hydrogens (tertiary/aromatic N) is 2. The van der Waals surface area contributed by atoms with Crippen LogP contribution in [0.4, 0.5) is 11.5 Å². The summed E-state index contributed by atoms with van der Waals surface area (Å²) in [4.78, 5) is 6.45. The third-order valence-corrected chi connectivity index (χ3v) is 2.95. The van der Waals surface area contributed by atoms with Gasteiger partial charge in [0.1, 0.15) is 5.82 Å². The average molecular weight is 265 g/mol. The maximum atomic E-state index is 6.04. The summed E-state index contributed by atoms with van der Waals surface area (Å²) >= 11 is 6.04. The normalized spacial score (nSPS) is 11.1. The molecule has 0 aliphatic carbocycles. The maximum Gasteiger partial charge on any atom is 0.133 e. The Balaban J connectivity index is 2.33. The monoisotopic (exact) mass is 264 g/mol. The zero-order chi connectivity index (χ0) is 13.1. The van der Waals surface area contributed by atoms with Crippen molar-refractivity contribution in [3.05, 3.63) is 29.4 Å². The van der Waals surface area contributed by atoms with Gasteiger partial charge in [-0.3, -0.25) is 0 Å². The highest BCUT2D eigenvalue weighted by Gasteiger charge is 2.06. The van der Waals surface area contributed by atoms with Gasteiger partial charge in [0.15, 0.2) is 0 Å². The van der Waals surface area contributed by atoms with Crippen molar-refractivity contribution < 1.29 is 0 Å². The Morgan fingerprint density at radius 3 is 2.83 bits per heavy atom. The van der Waals surface area contributed by atoms with Gasteiger partial charge >= 0.3 is 0 Å². The number of fused-ring (bicyclic) bond motifs is 1. The molecule has 3 N–H and O–H groups in total. The fraction of sp³-hybridized carbons (Fsp3) is 0.308. The first-order valence-corrected chi connectivity index (χ1v) is 6.18. The smallest absolute Gasteiger partial charge is 0.133 e. The fourth-order valence-corrected chi connectivity index (χ4v) is 2.04. The second-order valence-electron chi connectivity index (χ2n) is 4.48. The van der Waals surface area contributed by atoms with E-state index in [-0.39, 0.29) is 0 Å². The van der Waals surface area contributed by atoms with Crippen molar-refractivity contribution in [2.75, 3.05) is 38.2 Å². The predicted molar refractivity (Wildman–Crippen MR) is 78.2 cm³/mol. The molecule has 0 aliphatic rings. The summed E-state index contributed by atoms with van der Waals surface area (Å²) in [7, 11) is 4.07. The van der Waals surface area contributed by atoms with Crippen LogP contribution >= 0.6 is 11.6 Å². The maximum absolute atomic E-state index is 6.04. The summed E-state index contributed by atoms with van der Waals surface area (Å²) in [6.07, 6.45) is 1.75. The van der Waals surface area contributed by atoms with Crippen molar-refractivity contribution in [1.29, 1.82) is 0 Å². The van der Waals surface area contributed by atoms with E-state index in [0.717, 1.165) is 29.7 Å². The van der Waals surface area contributed by atoms with Crippen LogP contribution in [0, 0.1) is 0 Å².